The summed E-state index contributed by atoms with van der Waals surface area (Å²) in [7, 11) is -5.74. The zero-order chi connectivity index (χ0) is 26.8. The second-order valence-electron chi connectivity index (χ2n) is 9.37. The molecule has 0 aromatic heterocycles. The minimum absolute atomic E-state index is 0.299. The van der Waals surface area contributed by atoms with E-state index in [1.54, 1.807) is 12.1 Å². The van der Waals surface area contributed by atoms with Crippen LogP contribution in [0.25, 0.3) is 6.08 Å². The first-order valence-corrected chi connectivity index (χ1v) is 13.4. The van der Waals surface area contributed by atoms with Gasteiger partial charge in [-0.2, -0.15) is 21.6 Å². The normalized spacial score (nSPS) is 16.9. The van der Waals surface area contributed by atoms with Crippen LogP contribution in [0.5, 0.6) is 5.75 Å². The summed E-state index contributed by atoms with van der Waals surface area (Å²) < 4.78 is 70.9. The van der Waals surface area contributed by atoms with Crippen LogP contribution in [-0.2, 0) is 20.3 Å². The van der Waals surface area contributed by atoms with E-state index in [1.165, 1.54) is 13.0 Å². The lowest BCUT2D eigenvalue weighted by Gasteiger charge is -2.34. The second-order valence-corrected chi connectivity index (χ2v) is 10.9. The monoisotopic (exact) mass is 526 g/mol. The Labute approximate surface area is 211 Å². The highest BCUT2D eigenvalue weighted by Gasteiger charge is 2.48. The number of hydrogen-bond donors (Lipinski definition) is 1. The standard InChI is InChI=1S/C27H33F3O5S/c1-5-26(6-2,23-9-10-24(20(4)18-23)35-36(32,33)27(28,29)30)22-8-7-21(19(3)17-22)11-12-25(31)13-15-34-16-14-25/h7-12,17-18,31H,5-6,13-16H2,1-4H3. The number of alkyl halides is 3. The summed E-state index contributed by atoms with van der Waals surface area (Å²) >= 11 is 0. The van der Waals surface area contributed by atoms with Crippen LogP contribution in [0.15, 0.2) is 42.5 Å². The van der Waals surface area contributed by atoms with E-state index in [0.29, 0.717) is 31.6 Å². The van der Waals surface area contributed by atoms with Crippen molar-refractivity contribution in [2.24, 2.45) is 0 Å². The van der Waals surface area contributed by atoms with E-state index in [0.717, 1.165) is 35.1 Å². The Morgan fingerprint density at radius 2 is 1.56 bits per heavy atom. The average Bonchev–Trinajstić information content (AvgIpc) is 2.81. The van der Waals surface area contributed by atoms with Crippen molar-refractivity contribution >= 4 is 16.2 Å². The largest absolute Gasteiger partial charge is 0.534 e. The van der Waals surface area contributed by atoms with Crippen molar-refractivity contribution in [1.82, 2.24) is 0 Å². The Balaban J connectivity index is 1.94. The van der Waals surface area contributed by atoms with E-state index in [4.69, 9.17) is 4.74 Å². The lowest BCUT2D eigenvalue weighted by atomic mass is 9.70. The van der Waals surface area contributed by atoms with Crippen molar-refractivity contribution in [3.05, 3.63) is 70.3 Å². The van der Waals surface area contributed by atoms with Crippen LogP contribution >= 0.6 is 0 Å². The number of hydrogen-bond acceptors (Lipinski definition) is 5. The minimum Gasteiger partial charge on any atom is -0.386 e. The summed E-state index contributed by atoms with van der Waals surface area (Å²) in [5.41, 5.74) is -2.59. The van der Waals surface area contributed by atoms with Crippen molar-refractivity contribution in [2.45, 2.75) is 69.9 Å². The molecule has 0 unspecified atom stereocenters. The number of benzene rings is 2. The molecule has 1 saturated heterocycles. The van der Waals surface area contributed by atoms with E-state index >= 15 is 0 Å². The molecule has 5 nitrogen and oxygen atoms in total. The Hall–Kier alpha value is -2.36. The van der Waals surface area contributed by atoms with E-state index < -0.39 is 26.6 Å². The fraction of sp³-hybridized carbons (Fsp3) is 0.481. The van der Waals surface area contributed by atoms with E-state index in [2.05, 4.69) is 10.2 Å². The Morgan fingerprint density at radius 3 is 2.06 bits per heavy atom. The SMILES string of the molecule is CCC(CC)(c1ccc(C=CC2(O)CCOCC2)c(C)c1)c1ccc(OS(=O)(=O)C(F)(F)F)c(C)c1. The topological polar surface area (TPSA) is 72.8 Å². The van der Waals surface area contributed by atoms with Gasteiger partial charge in [0.05, 0.1) is 5.60 Å². The summed E-state index contributed by atoms with van der Waals surface area (Å²) in [5.74, 6) is -0.347. The summed E-state index contributed by atoms with van der Waals surface area (Å²) in [6, 6.07) is 10.7. The molecular formula is C27H33F3O5S. The van der Waals surface area contributed by atoms with Crippen LogP contribution in [0, 0.1) is 13.8 Å². The van der Waals surface area contributed by atoms with Gasteiger partial charge in [0.25, 0.3) is 0 Å². The molecule has 0 saturated carbocycles. The second kappa shape index (κ2) is 10.6. The molecule has 36 heavy (non-hydrogen) atoms. The van der Waals surface area contributed by atoms with Crippen molar-refractivity contribution < 1.29 is 35.6 Å². The third-order valence-corrected chi connectivity index (χ3v) is 8.14. The summed E-state index contributed by atoms with van der Waals surface area (Å²) in [6.45, 7) is 8.67. The van der Waals surface area contributed by atoms with Gasteiger partial charge in [0.2, 0.25) is 0 Å². The van der Waals surface area contributed by atoms with Gasteiger partial charge in [-0.15, -0.1) is 0 Å². The molecule has 198 valence electrons. The van der Waals surface area contributed by atoms with Gasteiger partial charge in [-0.25, -0.2) is 0 Å². The quantitative estimate of drug-likeness (QED) is 0.328. The van der Waals surface area contributed by atoms with Crippen LogP contribution < -0.4 is 4.18 Å². The smallest absolute Gasteiger partial charge is 0.386 e. The maximum Gasteiger partial charge on any atom is 0.534 e. The van der Waals surface area contributed by atoms with Crippen LogP contribution in [0.3, 0.4) is 0 Å². The van der Waals surface area contributed by atoms with Gasteiger partial charge in [-0.1, -0.05) is 56.3 Å². The summed E-state index contributed by atoms with van der Waals surface area (Å²) in [6.07, 6.45) is 6.32. The number of aliphatic hydroxyl groups is 1. The lowest BCUT2D eigenvalue weighted by Crippen LogP contribution is -2.33. The average molecular weight is 527 g/mol. The molecule has 1 aliphatic rings. The number of aryl methyl sites for hydroxylation is 2. The molecular weight excluding hydrogens is 493 g/mol. The van der Waals surface area contributed by atoms with Crippen molar-refractivity contribution in [3.8, 4) is 5.75 Å². The third-order valence-electron chi connectivity index (χ3n) is 7.17. The molecule has 2 aromatic carbocycles. The van der Waals surface area contributed by atoms with Gasteiger partial charge in [0.1, 0.15) is 5.75 Å². The highest BCUT2D eigenvalue weighted by molar-refractivity contribution is 7.88. The first-order chi connectivity index (χ1) is 16.8. The van der Waals surface area contributed by atoms with Crippen molar-refractivity contribution in [1.29, 1.82) is 0 Å². The summed E-state index contributed by atoms with van der Waals surface area (Å²) in [5, 5.41) is 10.7. The highest BCUT2D eigenvalue weighted by Crippen LogP contribution is 2.41. The Morgan fingerprint density at radius 1 is 1.00 bits per heavy atom. The van der Waals surface area contributed by atoms with Crippen LogP contribution in [0.4, 0.5) is 13.2 Å². The molecule has 0 atom stereocenters. The Bertz CT molecular complexity index is 1210. The first-order valence-electron chi connectivity index (χ1n) is 12.0. The van der Waals surface area contributed by atoms with Gasteiger partial charge in [0.15, 0.2) is 0 Å². The fourth-order valence-electron chi connectivity index (χ4n) is 4.74. The number of rotatable bonds is 8. The third kappa shape index (κ3) is 5.79. The minimum atomic E-state index is -5.74. The van der Waals surface area contributed by atoms with Gasteiger partial charge in [0, 0.05) is 31.5 Å². The maximum absolute atomic E-state index is 12.8. The lowest BCUT2D eigenvalue weighted by molar-refractivity contribution is -0.0500. The van der Waals surface area contributed by atoms with E-state index in [-0.39, 0.29) is 5.75 Å². The van der Waals surface area contributed by atoms with Gasteiger partial charge in [-0.3, -0.25) is 0 Å². The summed E-state index contributed by atoms with van der Waals surface area (Å²) in [4.78, 5) is 0. The highest BCUT2D eigenvalue weighted by atomic mass is 32.2. The van der Waals surface area contributed by atoms with Gasteiger partial charge < -0.3 is 14.0 Å². The molecule has 9 heteroatoms. The van der Waals surface area contributed by atoms with E-state index in [1.807, 2.05) is 45.1 Å². The number of halogens is 3. The van der Waals surface area contributed by atoms with Crippen LogP contribution in [-0.4, -0.2) is 37.8 Å². The van der Waals surface area contributed by atoms with Crippen molar-refractivity contribution in [3.63, 3.8) is 0 Å². The predicted octanol–water partition coefficient (Wildman–Crippen LogP) is 6.19. The Kier molecular flexibility index (Phi) is 8.27. The number of ether oxygens (including phenoxy) is 1. The molecule has 0 radical (unpaired) electrons. The molecule has 0 amide bonds. The molecule has 0 aliphatic carbocycles. The first kappa shape index (κ1) is 28.2. The maximum atomic E-state index is 12.8. The predicted molar refractivity (Wildman–Crippen MR) is 133 cm³/mol. The zero-order valence-corrected chi connectivity index (χ0v) is 21.8. The molecule has 1 aliphatic heterocycles. The molecule has 2 aromatic rings. The van der Waals surface area contributed by atoms with Crippen LogP contribution in [0.1, 0.15) is 67.3 Å². The van der Waals surface area contributed by atoms with E-state index in [9.17, 15) is 26.7 Å². The fourth-order valence-corrected chi connectivity index (χ4v) is 5.25. The molecule has 0 spiro atoms. The molecule has 1 heterocycles. The zero-order valence-electron chi connectivity index (χ0n) is 21.0. The molecule has 0 bridgehead atoms. The molecule has 3 rings (SSSR count). The van der Waals surface area contributed by atoms with Gasteiger partial charge >= 0.3 is 15.6 Å². The molecule has 1 N–H and O–H groups in total. The van der Waals surface area contributed by atoms with Gasteiger partial charge in [-0.05, 0) is 60.6 Å². The molecule has 1 fully saturated rings. The van der Waals surface area contributed by atoms with Crippen LogP contribution in [0.2, 0.25) is 0 Å². The van der Waals surface area contributed by atoms with Crippen molar-refractivity contribution in [2.75, 3.05) is 13.2 Å².